The van der Waals surface area contributed by atoms with Gasteiger partial charge in [-0.1, -0.05) is 30.3 Å². The SMILES string of the molecule is Cc1cccc(C(c2cccc(C(=O)O)c2)c2cnc[nH]2)c1C. The van der Waals surface area contributed by atoms with E-state index in [0.717, 1.165) is 16.8 Å². The molecule has 1 heterocycles. The van der Waals surface area contributed by atoms with Crippen LogP contribution in [-0.2, 0) is 0 Å². The number of hydrogen-bond donors (Lipinski definition) is 2. The van der Waals surface area contributed by atoms with Crippen LogP contribution in [0.5, 0.6) is 0 Å². The van der Waals surface area contributed by atoms with Crippen LogP contribution in [0.3, 0.4) is 0 Å². The molecule has 1 atom stereocenters. The Labute approximate surface area is 134 Å². The fraction of sp³-hybridized carbons (Fsp3) is 0.158. The molecule has 0 radical (unpaired) electrons. The highest BCUT2D eigenvalue weighted by molar-refractivity contribution is 5.87. The van der Waals surface area contributed by atoms with Crippen molar-refractivity contribution in [1.29, 1.82) is 0 Å². The molecule has 2 N–H and O–H groups in total. The number of benzene rings is 2. The van der Waals surface area contributed by atoms with E-state index in [-0.39, 0.29) is 11.5 Å². The van der Waals surface area contributed by atoms with Crippen molar-refractivity contribution in [3.63, 3.8) is 0 Å². The van der Waals surface area contributed by atoms with Gasteiger partial charge < -0.3 is 10.1 Å². The molecule has 4 heteroatoms. The number of aromatic amines is 1. The van der Waals surface area contributed by atoms with Gasteiger partial charge in [0.1, 0.15) is 0 Å². The maximum atomic E-state index is 11.3. The summed E-state index contributed by atoms with van der Waals surface area (Å²) in [7, 11) is 0. The van der Waals surface area contributed by atoms with Crippen molar-refractivity contribution in [2.24, 2.45) is 0 Å². The van der Waals surface area contributed by atoms with Gasteiger partial charge in [-0.15, -0.1) is 0 Å². The van der Waals surface area contributed by atoms with Crippen molar-refractivity contribution in [3.05, 3.63) is 88.5 Å². The smallest absolute Gasteiger partial charge is 0.335 e. The number of aromatic carboxylic acids is 1. The van der Waals surface area contributed by atoms with Crippen LogP contribution in [0.2, 0.25) is 0 Å². The molecule has 3 aromatic rings. The molecule has 3 rings (SSSR count). The largest absolute Gasteiger partial charge is 0.478 e. The Hall–Kier alpha value is -2.88. The number of carboxylic acids is 1. The van der Waals surface area contributed by atoms with Crippen LogP contribution in [0.25, 0.3) is 0 Å². The Kier molecular flexibility index (Phi) is 3.98. The van der Waals surface area contributed by atoms with E-state index < -0.39 is 5.97 Å². The van der Waals surface area contributed by atoms with E-state index >= 15 is 0 Å². The molecular formula is C19H18N2O2. The lowest BCUT2D eigenvalue weighted by Gasteiger charge is -2.20. The number of carboxylic acid groups (broad SMARTS) is 1. The van der Waals surface area contributed by atoms with Gasteiger partial charge in [0.25, 0.3) is 0 Å². The maximum absolute atomic E-state index is 11.3. The molecule has 23 heavy (non-hydrogen) atoms. The molecule has 0 aliphatic heterocycles. The Bertz CT molecular complexity index is 838. The Balaban J connectivity index is 2.20. The first-order valence-electron chi connectivity index (χ1n) is 7.45. The number of aromatic nitrogens is 2. The van der Waals surface area contributed by atoms with Gasteiger partial charge in [0.15, 0.2) is 0 Å². The summed E-state index contributed by atoms with van der Waals surface area (Å²) in [5.41, 5.74) is 5.73. The average molecular weight is 306 g/mol. The van der Waals surface area contributed by atoms with E-state index in [0.29, 0.717) is 0 Å². The molecule has 116 valence electrons. The van der Waals surface area contributed by atoms with Gasteiger partial charge >= 0.3 is 5.97 Å². The van der Waals surface area contributed by atoms with Gasteiger partial charge in [0, 0.05) is 11.9 Å². The summed E-state index contributed by atoms with van der Waals surface area (Å²) < 4.78 is 0. The zero-order valence-electron chi connectivity index (χ0n) is 13.1. The number of rotatable bonds is 4. The van der Waals surface area contributed by atoms with Crippen molar-refractivity contribution in [3.8, 4) is 0 Å². The molecule has 0 saturated carbocycles. The molecule has 1 aromatic heterocycles. The second-order valence-electron chi connectivity index (χ2n) is 5.66. The first-order valence-corrected chi connectivity index (χ1v) is 7.45. The predicted molar refractivity (Wildman–Crippen MR) is 88.9 cm³/mol. The minimum Gasteiger partial charge on any atom is -0.478 e. The van der Waals surface area contributed by atoms with E-state index in [1.165, 1.54) is 11.1 Å². The third kappa shape index (κ3) is 2.88. The van der Waals surface area contributed by atoms with Crippen molar-refractivity contribution >= 4 is 5.97 Å². The van der Waals surface area contributed by atoms with Crippen LogP contribution in [0.1, 0.15) is 44.2 Å². The highest BCUT2D eigenvalue weighted by Crippen LogP contribution is 2.33. The summed E-state index contributed by atoms with van der Waals surface area (Å²) in [5.74, 6) is -0.993. The molecule has 0 bridgehead atoms. The topological polar surface area (TPSA) is 66.0 Å². The average Bonchev–Trinajstić information content (AvgIpc) is 3.06. The van der Waals surface area contributed by atoms with E-state index in [1.807, 2.05) is 12.1 Å². The fourth-order valence-corrected chi connectivity index (χ4v) is 2.89. The van der Waals surface area contributed by atoms with E-state index in [1.54, 1.807) is 30.7 Å². The number of carbonyl (C=O) groups is 1. The van der Waals surface area contributed by atoms with Gasteiger partial charge in [0.05, 0.1) is 17.8 Å². The first kappa shape index (κ1) is 15.0. The molecule has 1 unspecified atom stereocenters. The second-order valence-corrected chi connectivity index (χ2v) is 5.66. The lowest BCUT2D eigenvalue weighted by molar-refractivity contribution is 0.0696. The zero-order chi connectivity index (χ0) is 16.4. The Morgan fingerprint density at radius 1 is 1.17 bits per heavy atom. The maximum Gasteiger partial charge on any atom is 0.335 e. The van der Waals surface area contributed by atoms with Crippen LogP contribution in [0.4, 0.5) is 0 Å². The van der Waals surface area contributed by atoms with Gasteiger partial charge in [-0.05, 0) is 48.2 Å². The monoisotopic (exact) mass is 306 g/mol. The van der Waals surface area contributed by atoms with Crippen LogP contribution < -0.4 is 0 Å². The van der Waals surface area contributed by atoms with E-state index in [4.69, 9.17) is 0 Å². The van der Waals surface area contributed by atoms with Gasteiger partial charge in [-0.25, -0.2) is 9.78 Å². The number of H-pyrrole nitrogens is 1. The van der Waals surface area contributed by atoms with Crippen LogP contribution >= 0.6 is 0 Å². The van der Waals surface area contributed by atoms with Crippen LogP contribution in [0, 0.1) is 13.8 Å². The molecular weight excluding hydrogens is 288 g/mol. The highest BCUT2D eigenvalue weighted by Gasteiger charge is 2.21. The van der Waals surface area contributed by atoms with Crippen LogP contribution in [0.15, 0.2) is 55.0 Å². The minimum atomic E-state index is -0.920. The van der Waals surface area contributed by atoms with Crippen molar-refractivity contribution in [2.45, 2.75) is 19.8 Å². The fourth-order valence-electron chi connectivity index (χ4n) is 2.89. The Morgan fingerprint density at radius 2 is 1.96 bits per heavy atom. The summed E-state index contributed by atoms with van der Waals surface area (Å²) in [6, 6.07) is 13.3. The van der Waals surface area contributed by atoms with Crippen LogP contribution in [-0.4, -0.2) is 21.0 Å². The summed E-state index contributed by atoms with van der Waals surface area (Å²) in [4.78, 5) is 18.6. The zero-order valence-corrected chi connectivity index (χ0v) is 13.1. The standard InChI is InChI=1S/C19H18N2O2/c1-12-5-3-8-16(13(12)2)18(17-10-20-11-21-17)14-6-4-7-15(9-14)19(22)23/h3-11,18H,1-2H3,(H,20,21)(H,22,23). The van der Waals surface area contributed by atoms with E-state index in [9.17, 15) is 9.90 Å². The highest BCUT2D eigenvalue weighted by atomic mass is 16.4. The van der Waals surface area contributed by atoms with Gasteiger partial charge in [0.2, 0.25) is 0 Å². The minimum absolute atomic E-state index is 0.0725. The van der Waals surface area contributed by atoms with E-state index in [2.05, 4.69) is 35.9 Å². The normalized spacial score (nSPS) is 12.1. The van der Waals surface area contributed by atoms with Gasteiger partial charge in [-0.2, -0.15) is 0 Å². The van der Waals surface area contributed by atoms with Crippen molar-refractivity contribution in [1.82, 2.24) is 9.97 Å². The molecule has 0 fully saturated rings. The molecule has 4 nitrogen and oxygen atoms in total. The van der Waals surface area contributed by atoms with Crippen molar-refractivity contribution in [2.75, 3.05) is 0 Å². The molecule has 0 aliphatic carbocycles. The third-order valence-corrected chi connectivity index (χ3v) is 4.25. The number of nitrogens with zero attached hydrogens (tertiary/aromatic N) is 1. The number of hydrogen-bond acceptors (Lipinski definition) is 2. The second kappa shape index (κ2) is 6.08. The predicted octanol–water partition coefficient (Wildman–Crippen LogP) is 3.90. The molecule has 0 saturated heterocycles. The molecule has 0 aliphatic rings. The number of imidazole rings is 1. The summed E-state index contributed by atoms with van der Waals surface area (Å²) in [6.45, 7) is 4.17. The number of nitrogens with one attached hydrogen (secondary N) is 1. The lowest BCUT2D eigenvalue weighted by Crippen LogP contribution is -2.08. The number of aryl methyl sites for hydroxylation is 1. The lowest BCUT2D eigenvalue weighted by atomic mass is 9.84. The Morgan fingerprint density at radius 3 is 2.65 bits per heavy atom. The molecule has 0 spiro atoms. The summed E-state index contributed by atoms with van der Waals surface area (Å²) in [5, 5.41) is 9.27. The summed E-state index contributed by atoms with van der Waals surface area (Å²) >= 11 is 0. The summed E-state index contributed by atoms with van der Waals surface area (Å²) in [6.07, 6.45) is 3.44. The van der Waals surface area contributed by atoms with Crippen molar-refractivity contribution < 1.29 is 9.90 Å². The molecule has 2 aromatic carbocycles. The third-order valence-electron chi connectivity index (χ3n) is 4.25. The first-order chi connectivity index (χ1) is 11.1. The quantitative estimate of drug-likeness (QED) is 0.768. The van der Waals surface area contributed by atoms with Gasteiger partial charge in [-0.3, -0.25) is 0 Å². The molecule has 0 amide bonds.